The topological polar surface area (TPSA) is 88.9 Å². The molecule has 26 heavy (non-hydrogen) atoms. The number of nitrogens with zero attached hydrogens (tertiary/aromatic N) is 3. The highest BCUT2D eigenvalue weighted by Crippen LogP contribution is 2.21. The molecule has 0 aliphatic carbocycles. The number of hydrazine groups is 1. The minimum absolute atomic E-state index is 0.0251. The molecule has 134 valence electrons. The van der Waals surface area contributed by atoms with E-state index in [-0.39, 0.29) is 12.2 Å². The average Bonchev–Trinajstić information content (AvgIpc) is 2.88. The maximum Gasteiger partial charge on any atom is 0.270 e. The third kappa shape index (κ3) is 3.53. The first kappa shape index (κ1) is 17.5. The van der Waals surface area contributed by atoms with Crippen molar-refractivity contribution < 1.29 is 14.0 Å². The second-order valence-electron chi connectivity index (χ2n) is 6.02. The SMILES string of the molecule is Cc1cc(C(=O)NNC(=O)Cc2ccc(F)cc2)c2c(C)nn(C)c2n1. The van der Waals surface area contributed by atoms with E-state index in [0.29, 0.717) is 33.5 Å². The molecular weight excluding hydrogens is 337 g/mol. The number of aryl methyl sites for hydroxylation is 3. The van der Waals surface area contributed by atoms with Crippen LogP contribution in [-0.4, -0.2) is 26.6 Å². The van der Waals surface area contributed by atoms with Gasteiger partial charge in [-0.05, 0) is 37.6 Å². The molecule has 8 heteroatoms. The Balaban J connectivity index is 1.73. The maximum absolute atomic E-state index is 12.9. The zero-order valence-corrected chi connectivity index (χ0v) is 14.6. The zero-order valence-electron chi connectivity index (χ0n) is 14.6. The van der Waals surface area contributed by atoms with Crippen molar-refractivity contribution in [1.29, 1.82) is 0 Å². The van der Waals surface area contributed by atoms with E-state index in [2.05, 4.69) is 20.9 Å². The van der Waals surface area contributed by atoms with E-state index in [1.54, 1.807) is 31.6 Å². The van der Waals surface area contributed by atoms with Gasteiger partial charge in [-0.3, -0.25) is 25.1 Å². The number of hydrogen-bond donors (Lipinski definition) is 2. The van der Waals surface area contributed by atoms with Gasteiger partial charge in [0.25, 0.3) is 5.91 Å². The molecule has 0 aliphatic heterocycles. The van der Waals surface area contributed by atoms with Gasteiger partial charge in [-0.1, -0.05) is 12.1 Å². The summed E-state index contributed by atoms with van der Waals surface area (Å²) in [5.41, 5.74) is 7.76. The maximum atomic E-state index is 12.9. The van der Waals surface area contributed by atoms with Crippen molar-refractivity contribution in [3.05, 3.63) is 58.7 Å². The van der Waals surface area contributed by atoms with Crippen LogP contribution in [0.25, 0.3) is 11.0 Å². The molecule has 1 aromatic carbocycles. The molecule has 0 spiro atoms. The summed E-state index contributed by atoms with van der Waals surface area (Å²) in [6, 6.07) is 7.25. The molecule has 3 rings (SSSR count). The summed E-state index contributed by atoms with van der Waals surface area (Å²) in [5, 5.41) is 4.93. The highest BCUT2D eigenvalue weighted by Gasteiger charge is 2.18. The van der Waals surface area contributed by atoms with Crippen molar-refractivity contribution in [2.24, 2.45) is 7.05 Å². The molecule has 0 atom stereocenters. The molecular formula is C18H18FN5O2. The van der Waals surface area contributed by atoms with Crippen molar-refractivity contribution in [3.8, 4) is 0 Å². The molecule has 7 nitrogen and oxygen atoms in total. The van der Waals surface area contributed by atoms with Gasteiger partial charge in [-0.15, -0.1) is 0 Å². The number of nitrogens with one attached hydrogen (secondary N) is 2. The van der Waals surface area contributed by atoms with Gasteiger partial charge in [0.15, 0.2) is 5.65 Å². The summed E-state index contributed by atoms with van der Waals surface area (Å²) in [4.78, 5) is 28.9. The van der Waals surface area contributed by atoms with E-state index in [4.69, 9.17) is 0 Å². The Bertz CT molecular complexity index is 995. The molecule has 0 radical (unpaired) electrons. The van der Waals surface area contributed by atoms with Crippen LogP contribution < -0.4 is 10.9 Å². The third-order valence-corrected chi connectivity index (χ3v) is 3.93. The number of carbonyl (C=O) groups excluding carboxylic acids is 2. The quantitative estimate of drug-likeness (QED) is 0.700. The highest BCUT2D eigenvalue weighted by molar-refractivity contribution is 6.06. The molecule has 2 aromatic heterocycles. The van der Waals surface area contributed by atoms with E-state index in [9.17, 15) is 14.0 Å². The normalized spacial score (nSPS) is 10.8. The second kappa shape index (κ2) is 6.91. The summed E-state index contributed by atoms with van der Waals surface area (Å²) in [5.74, 6) is -1.23. The summed E-state index contributed by atoms with van der Waals surface area (Å²) in [7, 11) is 1.76. The molecule has 0 aliphatic rings. The highest BCUT2D eigenvalue weighted by atomic mass is 19.1. The van der Waals surface area contributed by atoms with Crippen molar-refractivity contribution in [3.63, 3.8) is 0 Å². The van der Waals surface area contributed by atoms with E-state index in [0.717, 1.165) is 0 Å². The van der Waals surface area contributed by atoms with Gasteiger partial charge < -0.3 is 0 Å². The van der Waals surface area contributed by atoms with Crippen LogP contribution in [0.15, 0.2) is 30.3 Å². The van der Waals surface area contributed by atoms with Crippen molar-refractivity contribution in [2.75, 3.05) is 0 Å². The predicted molar refractivity (Wildman–Crippen MR) is 93.7 cm³/mol. The predicted octanol–water partition coefficient (Wildman–Crippen LogP) is 1.73. The number of rotatable bonds is 3. The minimum atomic E-state index is -0.455. The second-order valence-corrected chi connectivity index (χ2v) is 6.02. The van der Waals surface area contributed by atoms with E-state index < -0.39 is 11.8 Å². The Morgan fingerprint density at radius 3 is 2.54 bits per heavy atom. The van der Waals surface area contributed by atoms with Crippen molar-refractivity contribution in [2.45, 2.75) is 20.3 Å². The van der Waals surface area contributed by atoms with Gasteiger partial charge in [0.1, 0.15) is 5.82 Å². The standard InChI is InChI=1S/C18H18FN5O2/c1-10-8-14(16-11(2)23-24(3)17(16)20-10)18(26)22-21-15(25)9-12-4-6-13(19)7-5-12/h4-8H,9H2,1-3H3,(H,21,25)(H,22,26). The Kier molecular flexibility index (Phi) is 4.66. The zero-order chi connectivity index (χ0) is 18.8. The fourth-order valence-electron chi connectivity index (χ4n) is 2.77. The molecule has 2 N–H and O–H groups in total. The molecule has 0 fully saturated rings. The Morgan fingerprint density at radius 1 is 1.15 bits per heavy atom. The summed E-state index contributed by atoms with van der Waals surface area (Å²) >= 11 is 0. The first-order chi connectivity index (χ1) is 12.3. The van der Waals surface area contributed by atoms with Crippen LogP contribution in [-0.2, 0) is 18.3 Å². The third-order valence-electron chi connectivity index (χ3n) is 3.93. The molecule has 2 amide bonds. The summed E-state index contributed by atoms with van der Waals surface area (Å²) in [6.45, 7) is 3.58. The summed E-state index contributed by atoms with van der Waals surface area (Å²) < 4.78 is 14.5. The summed E-state index contributed by atoms with van der Waals surface area (Å²) in [6.07, 6.45) is 0.0251. The molecule has 0 bridgehead atoms. The molecule has 3 aromatic rings. The lowest BCUT2D eigenvalue weighted by molar-refractivity contribution is -0.121. The van der Waals surface area contributed by atoms with E-state index in [1.165, 1.54) is 24.3 Å². The lowest BCUT2D eigenvalue weighted by atomic mass is 10.1. The van der Waals surface area contributed by atoms with Gasteiger partial charge in [0.05, 0.1) is 23.1 Å². The van der Waals surface area contributed by atoms with Crippen LogP contribution in [0.2, 0.25) is 0 Å². The minimum Gasteiger partial charge on any atom is -0.273 e. The fraction of sp³-hybridized carbons (Fsp3) is 0.222. The lowest BCUT2D eigenvalue weighted by Gasteiger charge is -2.09. The lowest BCUT2D eigenvalue weighted by Crippen LogP contribution is -2.42. The van der Waals surface area contributed by atoms with Gasteiger partial charge >= 0.3 is 0 Å². The van der Waals surface area contributed by atoms with Crippen LogP contribution in [0.3, 0.4) is 0 Å². The number of hydrogen-bond acceptors (Lipinski definition) is 4. The largest absolute Gasteiger partial charge is 0.273 e. The van der Waals surface area contributed by atoms with Crippen LogP contribution in [0.1, 0.15) is 27.3 Å². The Hall–Kier alpha value is -3.29. The number of benzene rings is 1. The van der Waals surface area contributed by atoms with Crippen LogP contribution in [0, 0.1) is 19.7 Å². The van der Waals surface area contributed by atoms with Crippen LogP contribution in [0.5, 0.6) is 0 Å². The average molecular weight is 355 g/mol. The Labute approximate surface area is 149 Å². The monoisotopic (exact) mass is 355 g/mol. The fourth-order valence-corrected chi connectivity index (χ4v) is 2.77. The smallest absolute Gasteiger partial charge is 0.270 e. The van der Waals surface area contributed by atoms with Crippen molar-refractivity contribution >= 4 is 22.8 Å². The number of carbonyl (C=O) groups is 2. The number of fused-ring (bicyclic) bond motifs is 1. The molecule has 0 saturated carbocycles. The van der Waals surface area contributed by atoms with Gasteiger partial charge in [0.2, 0.25) is 5.91 Å². The molecule has 2 heterocycles. The number of amides is 2. The van der Waals surface area contributed by atoms with E-state index in [1.807, 2.05) is 0 Å². The van der Waals surface area contributed by atoms with Gasteiger partial charge in [0, 0.05) is 12.7 Å². The van der Waals surface area contributed by atoms with Gasteiger partial charge in [-0.25, -0.2) is 9.37 Å². The van der Waals surface area contributed by atoms with Crippen LogP contribution >= 0.6 is 0 Å². The number of halogens is 1. The van der Waals surface area contributed by atoms with Crippen LogP contribution in [0.4, 0.5) is 4.39 Å². The first-order valence-electron chi connectivity index (χ1n) is 7.99. The number of pyridine rings is 1. The Morgan fingerprint density at radius 2 is 1.85 bits per heavy atom. The van der Waals surface area contributed by atoms with E-state index >= 15 is 0 Å². The molecule has 0 saturated heterocycles. The van der Waals surface area contributed by atoms with Gasteiger partial charge in [-0.2, -0.15) is 5.10 Å². The molecule has 0 unspecified atom stereocenters. The van der Waals surface area contributed by atoms with Crippen molar-refractivity contribution in [1.82, 2.24) is 25.6 Å². The number of aromatic nitrogens is 3. The first-order valence-corrected chi connectivity index (χ1v) is 7.99.